The molecule has 0 saturated carbocycles. The third kappa shape index (κ3) is 5.56. The number of benzene rings is 1. The summed E-state index contributed by atoms with van der Waals surface area (Å²) in [5.41, 5.74) is 0.578. The number of halogens is 1. The van der Waals surface area contributed by atoms with Crippen LogP contribution in [-0.2, 0) is 21.2 Å². The zero-order chi connectivity index (χ0) is 16.9. The standard InChI is InChI=1S/C15H22FN3O3S/c1-23(21,22)19-10-8-18(9-11-19)12-15(20)17-7-6-13-4-2-3-5-14(13)16/h2-5H,6-12H2,1H3,(H,17,20). The second-order valence-electron chi connectivity index (χ2n) is 5.63. The Labute approximate surface area is 136 Å². The van der Waals surface area contributed by atoms with Gasteiger partial charge in [0.15, 0.2) is 0 Å². The summed E-state index contributed by atoms with van der Waals surface area (Å²) in [6.45, 7) is 2.49. The second-order valence-corrected chi connectivity index (χ2v) is 7.61. The predicted molar refractivity (Wildman–Crippen MR) is 86.0 cm³/mol. The number of hydrogen-bond donors (Lipinski definition) is 1. The van der Waals surface area contributed by atoms with Gasteiger partial charge in [-0.05, 0) is 18.1 Å². The van der Waals surface area contributed by atoms with E-state index in [2.05, 4.69) is 5.32 Å². The molecule has 23 heavy (non-hydrogen) atoms. The molecule has 1 aromatic carbocycles. The molecule has 128 valence electrons. The van der Waals surface area contributed by atoms with Crippen molar-refractivity contribution in [2.45, 2.75) is 6.42 Å². The molecule has 2 rings (SSSR count). The fraction of sp³-hybridized carbons (Fsp3) is 0.533. The highest BCUT2D eigenvalue weighted by Gasteiger charge is 2.24. The van der Waals surface area contributed by atoms with Crippen molar-refractivity contribution in [3.63, 3.8) is 0 Å². The van der Waals surface area contributed by atoms with Crippen molar-refractivity contribution in [2.24, 2.45) is 0 Å². The van der Waals surface area contributed by atoms with Gasteiger partial charge in [0.1, 0.15) is 5.82 Å². The summed E-state index contributed by atoms with van der Waals surface area (Å²) in [6.07, 6.45) is 1.64. The van der Waals surface area contributed by atoms with Crippen molar-refractivity contribution in [1.82, 2.24) is 14.5 Å². The van der Waals surface area contributed by atoms with Gasteiger partial charge in [-0.25, -0.2) is 12.8 Å². The van der Waals surface area contributed by atoms with E-state index in [0.29, 0.717) is 44.7 Å². The van der Waals surface area contributed by atoms with Crippen LogP contribution in [0.25, 0.3) is 0 Å². The van der Waals surface area contributed by atoms with Gasteiger partial charge in [0.25, 0.3) is 0 Å². The lowest BCUT2D eigenvalue weighted by atomic mass is 10.1. The smallest absolute Gasteiger partial charge is 0.234 e. The normalized spacial score (nSPS) is 17.1. The van der Waals surface area contributed by atoms with E-state index in [9.17, 15) is 17.6 Å². The highest BCUT2D eigenvalue weighted by atomic mass is 32.2. The molecular weight excluding hydrogens is 321 g/mol. The summed E-state index contributed by atoms with van der Waals surface area (Å²) in [5.74, 6) is -0.396. The van der Waals surface area contributed by atoms with Crippen LogP contribution in [-0.4, -0.2) is 69.1 Å². The maximum atomic E-state index is 13.4. The minimum absolute atomic E-state index is 0.130. The number of carbonyl (C=O) groups excluding carboxylic acids is 1. The molecule has 1 amide bonds. The predicted octanol–water partition coefficient (Wildman–Crippen LogP) is 0.0616. The first kappa shape index (κ1) is 17.8. The van der Waals surface area contributed by atoms with Gasteiger partial charge in [-0.1, -0.05) is 18.2 Å². The molecule has 1 N–H and O–H groups in total. The van der Waals surface area contributed by atoms with Crippen LogP contribution in [0.15, 0.2) is 24.3 Å². The fourth-order valence-electron chi connectivity index (χ4n) is 2.52. The largest absolute Gasteiger partial charge is 0.355 e. The van der Waals surface area contributed by atoms with Crippen molar-refractivity contribution < 1.29 is 17.6 Å². The van der Waals surface area contributed by atoms with Crippen LogP contribution in [0.4, 0.5) is 4.39 Å². The van der Waals surface area contributed by atoms with E-state index in [1.165, 1.54) is 16.6 Å². The first-order valence-corrected chi connectivity index (χ1v) is 9.38. The van der Waals surface area contributed by atoms with Crippen LogP contribution in [0, 0.1) is 5.82 Å². The maximum Gasteiger partial charge on any atom is 0.234 e. The molecule has 0 radical (unpaired) electrons. The summed E-state index contributed by atoms with van der Waals surface area (Å²) in [5, 5.41) is 2.77. The van der Waals surface area contributed by atoms with Crippen molar-refractivity contribution in [3.8, 4) is 0 Å². The monoisotopic (exact) mass is 343 g/mol. The molecule has 1 heterocycles. The summed E-state index contributed by atoms with van der Waals surface area (Å²) < 4.78 is 37.7. The third-order valence-corrected chi connectivity index (χ3v) is 5.15. The van der Waals surface area contributed by atoms with E-state index in [4.69, 9.17) is 0 Å². The van der Waals surface area contributed by atoms with Gasteiger partial charge in [-0.15, -0.1) is 0 Å². The zero-order valence-corrected chi connectivity index (χ0v) is 14.0. The highest BCUT2D eigenvalue weighted by Crippen LogP contribution is 2.07. The fourth-order valence-corrected chi connectivity index (χ4v) is 3.34. The number of sulfonamides is 1. The molecule has 1 aromatic rings. The van der Waals surface area contributed by atoms with E-state index >= 15 is 0 Å². The summed E-state index contributed by atoms with van der Waals surface area (Å²) in [7, 11) is -3.16. The Bertz CT molecular complexity index is 643. The van der Waals surface area contributed by atoms with Gasteiger partial charge in [0, 0.05) is 32.7 Å². The number of hydrogen-bond acceptors (Lipinski definition) is 4. The van der Waals surface area contributed by atoms with Crippen molar-refractivity contribution in [1.29, 1.82) is 0 Å². The molecule has 0 aliphatic carbocycles. The molecule has 1 saturated heterocycles. The minimum Gasteiger partial charge on any atom is -0.355 e. The topological polar surface area (TPSA) is 69.7 Å². The summed E-state index contributed by atoms with van der Waals surface area (Å²) in [4.78, 5) is 13.8. The Balaban J connectivity index is 1.69. The van der Waals surface area contributed by atoms with Crippen LogP contribution < -0.4 is 5.32 Å². The van der Waals surface area contributed by atoms with Crippen molar-refractivity contribution >= 4 is 15.9 Å². The van der Waals surface area contributed by atoms with Gasteiger partial charge >= 0.3 is 0 Å². The Hall–Kier alpha value is -1.51. The Morgan fingerprint density at radius 1 is 1.22 bits per heavy atom. The molecule has 6 nitrogen and oxygen atoms in total. The van der Waals surface area contributed by atoms with Crippen LogP contribution >= 0.6 is 0 Å². The molecular formula is C15H22FN3O3S. The Morgan fingerprint density at radius 3 is 2.48 bits per heavy atom. The van der Waals surface area contributed by atoms with Crippen LogP contribution in [0.3, 0.4) is 0 Å². The second kappa shape index (κ2) is 7.85. The number of carbonyl (C=O) groups is 1. The van der Waals surface area contributed by atoms with Crippen molar-refractivity contribution in [2.75, 3.05) is 45.5 Å². The maximum absolute atomic E-state index is 13.4. The van der Waals surface area contributed by atoms with Crippen LogP contribution in [0.1, 0.15) is 5.56 Å². The number of nitrogens with zero attached hydrogens (tertiary/aromatic N) is 2. The molecule has 0 atom stereocenters. The van der Waals surface area contributed by atoms with Gasteiger partial charge in [0.05, 0.1) is 12.8 Å². The Kier molecular flexibility index (Phi) is 6.09. The SMILES string of the molecule is CS(=O)(=O)N1CCN(CC(=O)NCCc2ccccc2F)CC1. The van der Waals surface area contributed by atoms with Crippen LogP contribution in [0.2, 0.25) is 0 Å². The highest BCUT2D eigenvalue weighted by molar-refractivity contribution is 7.88. The van der Waals surface area contributed by atoms with Gasteiger partial charge in [0.2, 0.25) is 15.9 Å². The lowest BCUT2D eigenvalue weighted by Gasteiger charge is -2.32. The molecule has 1 fully saturated rings. The summed E-state index contributed by atoms with van der Waals surface area (Å²) in [6, 6.07) is 6.50. The van der Waals surface area contributed by atoms with Gasteiger partial charge < -0.3 is 5.32 Å². The van der Waals surface area contributed by atoms with E-state index in [-0.39, 0.29) is 18.3 Å². The van der Waals surface area contributed by atoms with E-state index < -0.39 is 10.0 Å². The van der Waals surface area contributed by atoms with E-state index in [0.717, 1.165) is 0 Å². The van der Waals surface area contributed by atoms with E-state index in [1.54, 1.807) is 18.2 Å². The first-order valence-electron chi connectivity index (χ1n) is 7.54. The number of amides is 1. The minimum atomic E-state index is -3.16. The molecule has 0 aromatic heterocycles. The van der Waals surface area contributed by atoms with Gasteiger partial charge in [-0.3, -0.25) is 9.69 Å². The van der Waals surface area contributed by atoms with E-state index in [1.807, 2.05) is 4.90 Å². The summed E-state index contributed by atoms with van der Waals surface area (Å²) >= 11 is 0. The quantitative estimate of drug-likeness (QED) is 0.793. The first-order chi connectivity index (χ1) is 10.9. The van der Waals surface area contributed by atoms with Gasteiger partial charge in [-0.2, -0.15) is 4.31 Å². The van der Waals surface area contributed by atoms with Crippen LogP contribution in [0.5, 0.6) is 0 Å². The molecule has 8 heteroatoms. The van der Waals surface area contributed by atoms with Crippen molar-refractivity contribution in [3.05, 3.63) is 35.6 Å². The number of nitrogens with one attached hydrogen (secondary N) is 1. The number of piperazine rings is 1. The lowest BCUT2D eigenvalue weighted by Crippen LogP contribution is -2.50. The average Bonchev–Trinajstić information content (AvgIpc) is 2.49. The molecule has 0 unspecified atom stereocenters. The molecule has 1 aliphatic heterocycles. The molecule has 0 bridgehead atoms. The Morgan fingerprint density at radius 2 is 1.87 bits per heavy atom. The molecule has 1 aliphatic rings. The number of rotatable bonds is 6. The third-order valence-electron chi connectivity index (χ3n) is 3.84. The molecule has 0 spiro atoms. The zero-order valence-electron chi connectivity index (χ0n) is 13.2. The lowest BCUT2D eigenvalue weighted by molar-refractivity contribution is -0.122. The average molecular weight is 343 g/mol.